The van der Waals surface area contributed by atoms with Crippen LogP contribution < -0.4 is 5.32 Å². The maximum atomic E-state index is 12.9. The molecule has 0 unspecified atom stereocenters. The summed E-state index contributed by atoms with van der Waals surface area (Å²) in [6, 6.07) is 8.88. The molecule has 0 saturated carbocycles. The number of hydrogen-bond acceptors (Lipinski definition) is 6. The van der Waals surface area contributed by atoms with Crippen LogP contribution in [-0.4, -0.2) is 52.9 Å². The summed E-state index contributed by atoms with van der Waals surface area (Å²) in [4.78, 5) is 13.3. The molecule has 3 rings (SSSR count). The molecule has 0 saturated heterocycles. The molecule has 0 aliphatic carbocycles. The van der Waals surface area contributed by atoms with Crippen LogP contribution in [-0.2, 0) is 27.5 Å². The van der Waals surface area contributed by atoms with Gasteiger partial charge in [0.05, 0.1) is 10.5 Å². The van der Waals surface area contributed by atoms with Crippen molar-refractivity contribution in [3.63, 3.8) is 0 Å². The number of halogens is 3. The van der Waals surface area contributed by atoms with Crippen LogP contribution in [0.3, 0.4) is 0 Å². The molecular weight excluding hydrogens is 449 g/mol. The number of alkyl halides is 3. The Labute approximate surface area is 181 Å². The monoisotopic (exact) mass is 468 g/mol. The van der Waals surface area contributed by atoms with Crippen LogP contribution in [0.5, 0.6) is 0 Å². The Morgan fingerprint density at radius 1 is 1.16 bits per heavy atom. The predicted octanol–water partition coefficient (Wildman–Crippen LogP) is 2.56. The number of carbonyl (C=O) groups is 1. The van der Waals surface area contributed by atoms with Gasteiger partial charge in [0.25, 0.3) is 0 Å². The Morgan fingerprint density at radius 3 is 2.53 bits per heavy atom. The first-order valence-electron chi connectivity index (χ1n) is 9.16. The van der Waals surface area contributed by atoms with Crippen LogP contribution in [0.1, 0.15) is 11.1 Å². The van der Waals surface area contributed by atoms with Crippen molar-refractivity contribution in [1.29, 1.82) is 0 Å². The van der Waals surface area contributed by atoms with Crippen molar-refractivity contribution < 1.29 is 26.4 Å². The maximum absolute atomic E-state index is 12.9. The lowest BCUT2D eigenvalue weighted by Crippen LogP contribution is -2.24. The molecule has 170 valence electrons. The van der Waals surface area contributed by atoms with Gasteiger partial charge in [-0.3, -0.25) is 4.79 Å². The molecule has 9 nitrogen and oxygen atoms in total. The van der Waals surface area contributed by atoms with E-state index in [1.165, 1.54) is 32.3 Å². The van der Waals surface area contributed by atoms with Gasteiger partial charge >= 0.3 is 6.18 Å². The van der Waals surface area contributed by atoms with E-state index in [-0.39, 0.29) is 28.5 Å². The Balaban J connectivity index is 1.74. The Kier molecular flexibility index (Phi) is 6.32. The fourth-order valence-corrected chi connectivity index (χ4v) is 3.89. The molecule has 13 heteroatoms. The first-order chi connectivity index (χ1) is 14.9. The van der Waals surface area contributed by atoms with Gasteiger partial charge in [-0.1, -0.05) is 18.2 Å². The van der Waals surface area contributed by atoms with Gasteiger partial charge < -0.3 is 5.32 Å². The Hall–Kier alpha value is -3.32. The van der Waals surface area contributed by atoms with Gasteiger partial charge in [-0.05, 0) is 42.0 Å². The summed E-state index contributed by atoms with van der Waals surface area (Å²) in [7, 11) is -0.902. The third kappa shape index (κ3) is 5.11. The number of rotatable bonds is 6. The molecule has 1 heterocycles. The first kappa shape index (κ1) is 23.3. The molecule has 32 heavy (non-hydrogen) atoms. The number of sulfonamides is 1. The second kappa shape index (κ2) is 8.67. The average molecular weight is 468 g/mol. The summed E-state index contributed by atoms with van der Waals surface area (Å²) in [5.74, 6) is -0.645. The lowest BCUT2D eigenvalue weighted by Gasteiger charge is -2.15. The molecule has 0 spiro atoms. The molecule has 2 aromatic carbocycles. The molecule has 0 bridgehead atoms. The standard InChI is InChI=1S/C19H19F3N6O3S/c1-12-7-8-15(10-16(12)32(30,31)27(2)3)23-17(29)11-28-25-18(24-26-28)13-5-4-6-14(9-13)19(20,21)22/h4-10H,11H2,1-3H3,(H,23,29). The van der Waals surface area contributed by atoms with Crippen molar-refractivity contribution in [2.24, 2.45) is 0 Å². The van der Waals surface area contributed by atoms with Crippen molar-refractivity contribution in [2.45, 2.75) is 24.5 Å². The zero-order chi connectivity index (χ0) is 23.7. The van der Waals surface area contributed by atoms with Crippen LogP contribution in [0, 0.1) is 6.92 Å². The summed E-state index contributed by atoms with van der Waals surface area (Å²) in [6.07, 6.45) is -4.52. The molecule has 1 amide bonds. The van der Waals surface area contributed by atoms with Gasteiger partial charge in [0, 0.05) is 25.3 Å². The second-order valence-electron chi connectivity index (χ2n) is 7.04. The number of benzene rings is 2. The molecule has 3 aromatic rings. The molecule has 1 aromatic heterocycles. The smallest absolute Gasteiger partial charge is 0.324 e. The quantitative estimate of drug-likeness (QED) is 0.596. The van der Waals surface area contributed by atoms with Gasteiger partial charge in [-0.25, -0.2) is 12.7 Å². The second-order valence-corrected chi connectivity index (χ2v) is 9.16. The summed E-state index contributed by atoms with van der Waals surface area (Å²) >= 11 is 0. The number of aromatic nitrogens is 4. The Morgan fingerprint density at radius 2 is 1.88 bits per heavy atom. The summed E-state index contributed by atoms with van der Waals surface area (Å²) in [5, 5.41) is 13.9. The highest BCUT2D eigenvalue weighted by molar-refractivity contribution is 7.89. The fourth-order valence-electron chi connectivity index (χ4n) is 2.74. The highest BCUT2D eigenvalue weighted by atomic mass is 32.2. The number of nitrogens with one attached hydrogen (secondary N) is 1. The van der Waals surface area contributed by atoms with Gasteiger partial charge in [-0.2, -0.15) is 18.0 Å². The Bertz CT molecular complexity index is 1260. The number of aryl methyl sites for hydroxylation is 1. The first-order valence-corrected chi connectivity index (χ1v) is 10.6. The molecular formula is C19H19F3N6O3S. The van der Waals surface area contributed by atoms with E-state index in [0.717, 1.165) is 21.2 Å². The highest BCUT2D eigenvalue weighted by Crippen LogP contribution is 2.31. The summed E-state index contributed by atoms with van der Waals surface area (Å²) < 4.78 is 64.5. The van der Waals surface area contributed by atoms with E-state index in [1.807, 2.05) is 0 Å². The van der Waals surface area contributed by atoms with E-state index < -0.39 is 27.7 Å². The number of amides is 1. The number of tetrazole rings is 1. The molecule has 0 aliphatic rings. The van der Waals surface area contributed by atoms with Gasteiger partial charge in [0.2, 0.25) is 21.8 Å². The molecule has 1 N–H and O–H groups in total. The van der Waals surface area contributed by atoms with E-state index in [9.17, 15) is 26.4 Å². The number of carbonyl (C=O) groups excluding carboxylic acids is 1. The van der Waals surface area contributed by atoms with Crippen LogP contribution >= 0.6 is 0 Å². The van der Waals surface area contributed by atoms with Crippen molar-refractivity contribution >= 4 is 21.6 Å². The highest BCUT2D eigenvalue weighted by Gasteiger charge is 2.30. The van der Waals surface area contributed by atoms with Gasteiger partial charge in [-0.15, -0.1) is 10.2 Å². The van der Waals surface area contributed by atoms with E-state index in [1.54, 1.807) is 19.1 Å². The minimum Gasteiger partial charge on any atom is -0.324 e. The van der Waals surface area contributed by atoms with Gasteiger partial charge in [0.15, 0.2) is 0 Å². The number of hydrogen-bond donors (Lipinski definition) is 1. The van der Waals surface area contributed by atoms with Gasteiger partial charge in [0.1, 0.15) is 6.54 Å². The zero-order valence-electron chi connectivity index (χ0n) is 17.3. The lowest BCUT2D eigenvalue weighted by atomic mass is 10.1. The molecule has 0 fully saturated rings. The molecule has 0 atom stereocenters. The maximum Gasteiger partial charge on any atom is 0.416 e. The number of nitrogens with zero attached hydrogens (tertiary/aromatic N) is 5. The molecule has 0 aliphatic heterocycles. The van der Waals surface area contributed by atoms with E-state index in [2.05, 4.69) is 20.7 Å². The summed E-state index contributed by atoms with van der Waals surface area (Å²) in [5.41, 5.74) is 0.00936. The third-order valence-corrected chi connectivity index (χ3v) is 6.37. The van der Waals surface area contributed by atoms with E-state index in [0.29, 0.717) is 5.56 Å². The topological polar surface area (TPSA) is 110 Å². The SMILES string of the molecule is Cc1ccc(NC(=O)Cn2nnc(-c3cccc(C(F)(F)F)c3)n2)cc1S(=O)(=O)N(C)C. The fraction of sp³-hybridized carbons (Fsp3) is 0.263. The lowest BCUT2D eigenvalue weighted by molar-refractivity contribution is -0.137. The van der Waals surface area contributed by atoms with Crippen LogP contribution in [0.15, 0.2) is 47.4 Å². The van der Waals surface area contributed by atoms with E-state index in [4.69, 9.17) is 0 Å². The third-order valence-electron chi connectivity index (χ3n) is 4.42. The largest absolute Gasteiger partial charge is 0.416 e. The van der Waals surface area contributed by atoms with Crippen molar-refractivity contribution in [2.75, 3.05) is 19.4 Å². The average Bonchev–Trinajstić information content (AvgIpc) is 3.17. The predicted molar refractivity (Wildman–Crippen MR) is 109 cm³/mol. The van der Waals surface area contributed by atoms with Crippen LogP contribution in [0.2, 0.25) is 0 Å². The van der Waals surface area contributed by atoms with Crippen LogP contribution in [0.25, 0.3) is 11.4 Å². The number of anilines is 1. The van der Waals surface area contributed by atoms with Crippen molar-refractivity contribution in [3.05, 3.63) is 53.6 Å². The van der Waals surface area contributed by atoms with Crippen molar-refractivity contribution in [1.82, 2.24) is 24.5 Å². The minimum atomic E-state index is -4.52. The molecule has 0 radical (unpaired) electrons. The normalized spacial score (nSPS) is 12.2. The van der Waals surface area contributed by atoms with Crippen molar-refractivity contribution in [3.8, 4) is 11.4 Å². The zero-order valence-corrected chi connectivity index (χ0v) is 18.1. The van der Waals surface area contributed by atoms with E-state index >= 15 is 0 Å². The minimum absolute atomic E-state index is 0.0472. The van der Waals surface area contributed by atoms with Crippen LogP contribution in [0.4, 0.5) is 18.9 Å². The summed E-state index contributed by atoms with van der Waals surface area (Å²) in [6.45, 7) is 1.26.